The van der Waals surface area contributed by atoms with E-state index in [1.165, 1.54) is 32.4 Å². The highest BCUT2D eigenvalue weighted by molar-refractivity contribution is 6.30. The average molecular weight is 455 g/mol. The maximum atomic E-state index is 13.4. The normalized spacial score (nSPS) is 19.4. The zero-order valence-electron chi connectivity index (χ0n) is 19.1. The van der Waals surface area contributed by atoms with Crippen LogP contribution in [-0.4, -0.2) is 37.0 Å². The van der Waals surface area contributed by atoms with Crippen LogP contribution in [0.4, 0.5) is 5.69 Å². The van der Waals surface area contributed by atoms with E-state index >= 15 is 0 Å². The molecule has 0 aromatic heterocycles. The van der Waals surface area contributed by atoms with Gasteiger partial charge in [-0.15, -0.1) is 0 Å². The number of likely N-dealkylation sites (tertiary alicyclic amines) is 1. The summed E-state index contributed by atoms with van der Waals surface area (Å²) in [5.74, 6) is 1.77. The topological polar surface area (TPSA) is 41.6 Å². The Hall–Kier alpha value is -2.04. The summed E-state index contributed by atoms with van der Waals surface area (Å²) in [5, 5.41) is 3.87. The van der Waals surface area contributed by atoms with E-state index in [-0.39, 0.29) is 5.91 Å². The molecule has 2 aromatic rings. The fourth-order valence-corrected chi connectivity index (χ4v) is 5.16. The fraction of sp³-hybridized carbons (Fsp3) is 0.519. The second kappa shape index (κ2) is 10.7. The van der Waals surface area contributed by atoms with E-state index in [9.17, 15) is 4.79 Å². The van der Waals surface area contributed by atoms with Crippen molar-refractivity contribution in [1.29, 1.82) is 0 Å². The molecule has 0 spiro atoms. The zero-order valence-corrected chi connectivity index (χ0v) is 19.9. The minimum absolute atomic E-state index is 0.0764. The Morgan fingerprint density at radius 3 is 2.34 bits per heavy atom. The Balaban J connectivity index is 1.34. The van der Waals surface area contributed by atoms with Crippen molar-refractivity contribution in [2.24, 2.45) is 5.92 Å². The number of halogens is 1. The minimum Gasteiger partial charge on any atom is -0.492 e. The summed E-state index contributed by atoms with van der Waals surface area (Å²) in [5.41, 5.74) is 1.39. The SMILES string of the molecule is CC1CCN(CCOc2ccc(NC(=O)C3(c4ccc(Cl)cc4)CCCCC3)cc2)CC1. The molecule has 2 aliphatic rings. The third-order valence-electron chi connectivity index (χ3n) is 7.20. The first-order valence-corrected chi connectivity index (χ1v) is 12.5. The van der Waals surface area contributed by atoms with Gasteiger partial charge < -0.3 is 10.1 Å². The summed E-state index contributed by atoms with van der Waals surface area (Å²) in [7, 11) is 0. The fourth-order valence-electron chi connectivity index (χ4n) is 5.03. The van der Waals surface area contributed by atoms with E-state index in [1.807, 2.05) is 48.5 Å². The molecule has 1 aliphatic carbocycles. The largest absolute Gasteiger partial charge is 0.492 e. The number of anilines is 1. The van der Waals surface area contributed by atoms with Gasteiger partial charge in [0.1, 0.15) is 12.4 Å². The summed E-state index contributed by atoms with van der Waals surface area (Å²) in [6.45, 7) is 6.34. The van der Waals surface area contributed by atoms with Gasteiger partial charge in [-0.1, -0.05) is 49.9 Å². The number of hydrogen-bond acceptors (Lipinski definition) is 3. The van der Waals surface area contributed by atoms with Crippen molar-refractivity contribution in [2.45, 2.75) is 57.3 Å². The van der Waals surface area contributed by atoms with Gasteiger partial charge in [0.2, 0.25) is 5.91 Å². The van der Waals surface area contributed by atoms with Crippen LogP contribution in [0.2, 0.25) is 5.02 Å². The van der Waals surface area contributed by atoms with Crippen LogP contribution in [-0.2, 0) is 10.2 Å². The predicted molar refractivity (Wildman–Crippen MR) is 132 cm³/mol. The molecule has 1 heterocycles. The highest BCUT2D eigenvalue weighted by atomic mass is 35.5. The molecule has 1 saturated carbocycles. The standard InChI is InChI=1S/C27H35ClN2O2/c1-21-13-17-30(18-14-21)19-20-32-25-11-9-24(10-12-25)29-26(31)27(15-3-2-4-16-27)22-5-7-23(28)8-6-22/h5-12,21H,2-4,13-20H2,1H3,(H,29,31). The van der Waals surface area contributed by atoms with Gasteiger partial charge in [0.25, 0.3) is 0 Å². The molecule has 1 N–H and O–H groups in total. The molecule has 2 aromatic carbocycles. The molecule has 4 rings (SSSR count). The van der Waals surface area contributed by atoms with Crippen LogP contribution in [0.25, 0.3) is 0 Å². The number of hydrogen-bond donors (Lipinski definition) is 1. The van der Waals surface area contributed by atoms with E-state index in [2.05, 4.69) is 17.1 Å². The van der Waals surface area contributed by atoms with Crippen molar-refractivity contribution < 1.29 is 9.53 Å². The van der Waals surface area contributed by atoms with Crippen molar-refractivity contribution in [3.63, 3.8) is 0 Å². The summed E-state index contributed by atoms with van der Waals surface area (Å²) >= 11 is 6.09. The molecule has 5 heteroatoms. The second-order valence-electron chi connectivity index (χ2n) is 9.50. The number of carbonyl (C=O) groups excluding carboxylic acids is 1. The van der Waals surface area contributed by atoms with E-state index < -0.39 is 5.41 Å². The molecule has 1 saturated heterocycles. The number of piperidine rings is 1. The van der Waals surface area contributed by atoms with E-state index in [0.29, 0.717) is 11.6 Å². The molecular formula is C27H35ClN2O2. The molecule has 1 amide bonds. The first-order valence-electron chi connectivity index (χ1n) is 12.1. The lowest BCUT2D eigenvalue weighted by Crippen LogP contribution is -2.42. The van der Waals surface area contributed by atoms with Gasteiger partial charge in [0.05, 0.1) is 5.41 Å². The number of rotatable bonds is 7. The van der Waals surface area contributed by atoms with Gasteiger partial charge in [-0.05, 0) is 86.7 Å². The lowest BCUT2D eigenvalue weighted by atomic mass is 9.68. The second-order valence-corrected chi connectivity index (χ2v) is 9.94. The van der Waals surface area contributed by atoms with Gasteiger partial charge >= 0.3 is 0 Å². The van der Waals surface area contributed by atoms with Crippen LogP contribution in [0.5, 0.6) is 5.75 Å². The molecule has 32 heavy (non-hydrogen) atoms. The van der Waals surface area contributed by atoms with Gasteiger partial charge in [-0.3, -0.25) is 9.69 Å². The van der Waals surface area contributed by atoms with Gasteiger partial charge in [0.15, 0.2) is 0 Å². The van der Waals surface area contributed by atoms with E-state index in [1.54, 1.807) is 0 Å². The third kappa shape index (κ3) is 5.65. The highest BCUT2D eigenvalue weighted by Gasteiger charge is 2.41. The Morgan fingerprint density at radius 2 is 1.69 bits per heavy atom. The van der Waals surface area contributed by atoms with Crippen LogP contribution in [0.3, 0.4) is 0 Å². The summed E-state index contributed by atoms with van der Waals surface area (Å²) in [4.78, 5) is 15.9. The highest BCUT2D eigenvalue weighted by Crippen LogP contribution is 2.41. The lowest BCUT2D eigenvalue weighted by molar-refractivity contribution is -0.122. The van der Waals surface area contributed by atoms with Crippen molar-refractivity contribution in [3.8, 4) is 5.75 Å². The van der Waals surface area contributed by atoms with Gasteiger partial charge in [-0.25, -0.2) is 0 Å². The summed E-state index contributed by atoms with van der Waals surface area (Å²) in [6, 6.07) is 15.6. The number of nitrogens with one attached hydrogen (secondary N) is 1. The molecule has 4 nitrogen and oxygen atoms in total. The molecule has 0 bridgehead atoms. The number of benzene rings is 2. The van der Waals surface area contributed by atoms with Crippen LogP contribution < -0.4 is 10.1 Å². The molecule has 1 aliphatic heterocycles. The molecule has 0 radical (unpaired) electrons. The monoisotopic (exact) mass is 454 g/mol. The first kappa shape index (κ1) is 23.1. The van der Waals surface area contributed by atoms with Gasteiger partial charge in [0, 0.05) is 17.3 Å². The maximum Gasteiger partial charge on any atom is 0.235 e. The molecule has 2 fully saturated rings. The number of nitrogens with zero attached hydrogens (tertiary/aromatic N) is 1. The Bertz CT molecular complexity index is 868. The van der Waals surface area contributed by atoms with Crippen LogP contribution >= 0.6 is 11.6 Å². The molecule has 172 valence electrons. The van der Waals surface area contributed by atoms with Crippen molar-refractivity contribution in [2.75, 3.05) is 31.6 Å². The first-order chi connectivity index (χ1) is 15.5. The average Bonchev–Trinajstić information content (AvgIpc) is 2.82. The minimum atomic E-state index is -0.482. The van der Waals surface area contributed by atoms with Gasteiger partial charge in [-0.2, -0.15) is 0 Å². The van der Waals surface area contributed by atoms with Crippen LogP contribution in [0.15, 0.2) is 48.5 Å². The van der Waals surface area contributed by atoms with Crippen molar-refractivity contribution >= 4 is 23.2 Å². The molecular weight excluding hydrogens is 420 g/mol. The van der Waals surface area contributed by atoms with E-state index in [0.717, 1.165) is 55.1 Å². The van der Waals surface area contributed by atoms with Crippen molar-refractivity contribution in [3.05, 3.63) is 59.1 Å². The van der Waals surface area contributed by atoms with Crippen LogP contribution in [0.1, 0.15) is 57.4 Å². The van der Waals surface area contributed by atoms with Crippen LogP contribution in [0, 0.1) is 5.92 Å². The number of carbonyl (C=O) groups is 1. The molecule has 0 unspecified atom stereocenters. The summed E-state index contributed by atoms with van der Waals surface area (Å²) in [6.07, 6.45) is 7.63. The molecule has 0 atom stereocenters. The summed E-state index contributed by atoms with van der Waals surface area (Å²) < 4.78 is 5.95. The zero-order chi connectivity index (χ0) is 22.4. The smallest absolute Gasteiger partial charge is 0.235 e. The number of amides is 1. The third-order valence-corrected chi connectivity index (χ3v) is 7.46. The lowest BCUT2D eigenvalue weighted by Gasteiger charge is -2.36. The maximum absolute atomic E-state index is 13.4. The number of ether oxygens (including phenoxy) is 1. The Labute approximate surface area is 197 Å². The predicted octanol–water partition coefficient (Wildman–Crippen LogP) is 6.29. The Morgan fingerprint density at radius 1 is 1.03 bits per heavy atom. The Kier molecular flexibility index (Phi) is 7.75. The van der Waals surface area contributed by atoms with Crippen molar-refractivity contribution in [1.82, 2.24) is 4.90 Å². The van der Waals surface area contributed by atoms with E-state index in [4.69, 9.17) is 16.3 Å². The quantitative estimate of drug-likeness (QED) is 0.534.